The number of aliphatic hydroxyl groups excluding tert-OH is 2. The molecular weight excluding hydrogens is 1730 g/mol. The number of hydrogen-bond donors (Lipinski definition) is 13. The summed E-state index contributed by atoms with van der Waals surface area (Å²) >= 11 is 0. The molecule has 0 bridgehead atoms. The Hall–Kier alpha value is -8.41. The molecule has 4 unspecified atom stereocenters. The Morgan fingerprint density at radius 3 is 0.984 bits per heavy atom. The number of H-pyrrole nitrogens is 5. The van der Waals surface area contributed by atoms with E-state index in [-0.39, 0.29) is 161 Å². The van der Waals surface area contributed by atoms with E-state index < -0.39 is 118 Å². The standard InChI is InChI=1S/C12H20N5O6P.C12H21N2O7P.C11H20N3O6P.C11H19N2O7P.C11H18N2O5.C10H16N2O5/c1-21-5-8(6-23-24(2,19)20)22-4-3-17-7-14-9-10(17)15-12(13)16-11(9)18;1-9-6-14(12(16)13-11(9)15)4-5-20-10(7-19-2)8-21-22(3,17)18;1-18-7-9(8-20-21(2,16)17)19-6-5-14-4-3-10(12)13-11(14)15;1-18-7-9(8-20-21(2,16)17)19-6-5-13-4-3-10(14)12-11(13)15;1-8-5-13(11(16)12-10(8)15)3-4-18-9(6-14)7-17-2;1-16-7-8(6-13)17-5-4-12-3-2-9(14)11-10(12)15/h7-8H,3-6H2,1-2H3,(H,19,20)(H3,13,15,16,18);6,10H,4-5,7-8H2,1-3H3,(H,17,18)(H,13,15,16);3-4,9H,5-8H2,1-2H3,(H,16,17)(H2,12,13,15);3-4,9H,5-8H2,1-2H3,(H,16,17)(H,12,14,15);5,9,14H,3-4,6-7H2,1-2H3,(H,12,15,16);2-3,8,13H,4-7H2,1H3,(H,11,14,15)/t8-;10-;3*9-;8-/m111100/s1. The van der Waals surface area contributed by atoms with Gasteiger partial charge in [0.25, 0.3) is 27.8 Å². The van der Waals surface area contributed by atoms with Crippen LogP contribution in [0.1, 0.15) is 11.1 Å². The topological polar surface area (TPSA) is 707 Å². The lowest BCUT2D eigenvalue weighted by atomic mass is 10.4. The van der Waals surface area contributed by atoms with E-state index >= 15 is 0 Å². The zero-order valence-electron chi connectivity index (χ0n) is 70.0. The van der Waals surface area contributed by atoms with E-state index in [0.29, 0.717) is 36.4 Å². The number of aliphatic hydroxyl groups is 2. The summed E-state index contributed by atoms with van der Waals surface area (Å²) in [4.78, 5) is 172. The van der Waals surface area contributed by atoms with Gasteiger partial charge in [-0.25, -0.2) is 29.0 Å². The number of aryl methyl sites for hydroxylation is 2. The Morgan fingerprint density at radius 2 is 0.675 bits per heavy atom. The van der Waals surface area contributed by atoms with Gasteiger partial charge in [0.1, 0.15) is 42.4 Å². The second-order valence-electron chi connectivity index (χ2n) is 26.0. The number of nitrogen functional groups attached to an aromatic ring is 2. The van der Waals surface area contributed by atoms with Crippen LogP contribution in [0.5, 0.6) is 0 Å². The number of aromatic amines is 5. The second-order valence-corrected chi connectivity index (χ2v) is 33.4. The third-order valence-corrected chi connectivity index (χ3v) is 17.7. The van der Waals surface area contributed by atoms with Crippen LogP contribution >= 0.6 is 30.4 Å². The zero-order valence-corrected chi connectivity index (χ0v) is 73.6. The molecule has 0 amide bonds. The number of fused-ring (bicyclic) bond motifs is 1. The largest absolute Gasteiger partial charge is 0.394 e. The number of imidazole rings is 1. The SMILES string of the molecule is COC[C@H](CO)OCCn1cc(C)c(=O)[nH]c1=O.COC[C@H](CO)OCCn1ccc(=O)[nH]c1=O.COC[C@H](COP(C)(=O)O)OCCn1cc(C)c(=O)[nH]c1=O.COC[C@H](COP(C)(=O)O)OCCn1ccc(=O)[nH]c1=O.COC[C@H](COP(C)(=O)O)OCCn1ccc(N)nc1=O.COC[C@H](COP(C)(=O)O)OCCn1cnc2c(=O)[nH]c(N)nc21. The highest BCUT2D eigenvalue weighted by Gasteiger charge is 2.22. The number of nitrogens with one attached hydrogen (secondary N) is 5. The first-order valence-corrected chi connectivity index (χ1v) is 44.9. The zero-order chi connectivity index (χ0) is 92.5. The van der Waals surface area contributed by atoms with Gasteiger partial charge in [0.2, 0.25) is 5.95 Å². The Morgan fingerprint density at radius 1 is 0.382 bits per heavy atom. The number of aromatic nitrogens is 14. The van der Waals surface area contributed by atoms with Crippen LogP contribution in [0.2, 0.25) is 0 Å². The predicted molar refractivity (Wildman–Crippen MR) is 441 cm³/mol. The first-order chi connectivity index (χ1) is 57.9. The van der Waals surface area contributed by atoms with E-state index in [2.05, 4.69) is 39.9 Å². The molecule has 0 fully saturated rings. The third kappa shape index (κ3) is 49.2. The molecule has 56 heteroatoms. The van der Waals surface area contributed by atoms with Crippen molar-refractivity contribution >= 4 is 53.3 Å². The lowest BCUT2D eigenvalue weighted by Gasteiger charge is -2.18. The lowest BCUT2D eigenvalue weighted by molar-refractivity contribution is -0.0337. The van der Waals surface area contributed by atoms with Crippen molar-refractivity contribution in [3.05, 3.63) is 171 Å². The molecule has 0 aliphatic heterocycles. The number of anilines is 2. The maximum Gasteiger partial charge on any atom is 0.349 e. The van der Waals surface area contributed by atoms with Gasteiger partial charge in [-0.2, -0.15) is 9.97 Å². The van der Waals surface area contributed by atoms with Crippen molar-refractivity contribution in [2.24, 2.45) is 0 Å². The minimum atomic E-state index is -3.58. The highest BCUT2D eigenvalue weighted by atomic mass is 31.2. The molecule has 0 aliphatic carbocycles. The minimum Gasteiger partial charge on any atom is -0.394 e. The Balaban J connectivity index is 0.000000502. The minimum absolute atomic E-state index is 0.00229. The molecule has 0 aromatic carbocycles. The maximum atomic E-state index is 11.7. The van der Waals surface area contributed by atoms with Gasteiger partial charge in [-0.05, 0) is 19.9 Å². The molecule has 0 aliphatic rings. The van der Waals surface area contributed by atoms with Crippen LogP contribution in [0.3, 0.4) is 0 Å². The number of ether oxygens (including phenoxy) is 12. The van der Waals surface area contributed by atoms with Crippen LogP contribution in [-0.2, 0) is 132 Å². The van der Waals surface area contributed by atoms with Crippen molar-refractivity contribution in [3.63, 3.8) is 0 Å². The lowest BCUT2D eigenvalue weighted by Crippen LogP contribution is -2.33. The van der Waals surface area contributed by atoms with Gasteiger partial charge in [0.05, 0.1) is 158 Å². The normalized spacial score (nSPS) is 14.7. The van der Waals surface area contributed by atoms with Gasteiger partial charge >= 0.3 is 58.8 Å². The monoisotopic (exact) mass is 1840 g/mol. The molecule has 52 nitrogen and oxygen atoms in total. The third-order valence-electron chi connectivity index (χ3n) is 15.2. The second kappa shape index (κ2) is 58.7. The maximum absolute atomic E-state index is 11.7. The number of rotatable bonds is 50. The van der Waals surface area contributed by atoms with E-state index in [0.717, 1.165) is 26.7 Å². The summed E-state index contributed by atoms with van der Waals surface area (Å²) in [6, 6.07) is 4.01. The number of nitrogens with two attached hydrogens (primary N) is 2. The summed E-state index contributed by atoms with van der Waals surface area (Å²) in [5.74, 6) is 0.159. The summed E-state index contributed by atoms with van der Waals surface area (Å²) < 4.78 is 134. The molecule has 698 valence electrons. The van der Waals surface area contributed by atoms with Crippen molar-refractivity contribution in [3.8, 4) is 0 Å². The fourth-order valence-corrected chi connectivity index (χ4v) is 11.1. The summed E-state index contributed by atoms with van der Waals surface area (Å²) in [7, 11) is -5.37. The first-order valence-electron chi connectivity index (χ1n) is 36.8. The van der Waals surface area contributed by atoms with Crippen molar-refractivity contribution in [2.45, 2.75) is 89.7 Å². The molecule has 7 aromatic heterocycles. The van der Waals surface area contributed by atoms with Crippen molar-refractivity contribution < 1.29 is 123 Å². The van der Waals surface area contributed by atoms with Crippen LogP contribution in [0.25, 0.3) is 11.2 Å². The molecule has 7 heterocycles. The van der Waals surface area contributed by atoms with Crippen LogP contribution in [0, 0.1) is 13.8 Å². The number of methoxy groups -OCH3 is 6. The Bertz CT molecular complexity index is 5060. The van der Waals surface area contributed by atoms with E-state index in [4.69, 9.17) is 116 Å². The van der Waals surface area contributed by atoms with Gasteiger partial charge in [-0.15, -0.1) is 0 Å². The molecule has 0 saturated heterocycles. The smallest absolute Gasteiger partial charge is 0.349 e. The van der Waals surface area contributed by atoms with Crippen LogP contribution < -0.4 is 67.7 Å². The Labute approximate surface area is 701 Å². The van der Waals surface area contributed by atoms with Crippen LogP contribution in [0.4, 0.5) is 11.8 Å². The van der Waals surface area contributed by atoms with E-state index in [1.807, 2.05) is 0 Å². The Kier molecular flexibility index (Phi) is 52.8. The van der Waals surface area contributed by atoms with Crippen molar-refractivity contribution in [2.75, 3.05) is 200 Å². The fraction of sp³-hybridized carbons (Fsp3) is 0.627. The molecule has 7 aromatic rings. The van der Waals surface area contributed by atoms with E-state index in [1.54, 1.807) is 18.4 Å². The summed E-state index contributed by atoms with van der Waals surface area (Å²) in [5, 5.41) is 17.9. The number of hydrogen-bond acceptors (Lipinski definition) is 37. The molecule has 15 N–H and O–H groups in total. The summed E-state index contributed by atoms with van der Waals surface area (Å²) in [6.45, 7) is 11.2. The predicted octanol–water partition coefficient (Wildman–Crippen LogP) is -4.21. The van der Waals surface area contributed by atoms with Gasteiger partial charge in [0, 0.05) is 130 Å². The molecule has 7 rings (SSSR count). The van der Waals surface area contributed by atoms with Crippen molar-refractivity contribution in [1.29, 1.82) is 0 Å². The van der Waals surface area contributed by atoms with Crippen molar-refractivity contribution in [1.82, 2.24) is 67.3 Å². The molecular formula is C67H114N16O36P4. The van der Waals surface area contributed by atoms with E-state index in [1.165, 1.54) is 121 Å². The summed E-state index contributed by atoms with van der Waals surface area (Å²) in [6.07, 6.45) is 5.77. The van der Waals surface area contributed by atoms with Gasteiger partial charge < -0.3 is 121 Å². The molecule has 0 saturated carbocycles. The summed E-state index contributed by atoms with van der Waals surface area (Å²) in [5.41, 5.74) is 7.76. The highest BCUT2D eigenvalue weighted by Crippen LogP contribution is 2.38. The number of nitrogens with zero attached hydrogens (tertiary/aromatic N) is 9. The van der Waals surface area contributed by atoms with Crippen LogP contribution in [0.15, 0.2) is 103 Å². The van der Waals surface area contributed by atoms with E-state index in [9.17, 15) is 66.2 Å². The average molecular weight is 1840 g/mol. The van der Waals surface area contributed by atoms with Gasteiger partial charge in [0.15, 0.2) is 11.2 Å². The van der Waals surface area contributed by atoms with Gasteiger partial charge in [-0.3, -0.25) is 90.0 Å². The molecule has 123 heavy (non-hydrogen) atoms. The van der Waals surface area contributed by atoms with Gasteiger partial charge in [-0.1, -0.05) is 0 Å². The average Bonchev–Trinajstić information content (AvgIpc) is 1.67. The first kappa shape index (κ1) is 111. The molecule has 0 radical (unpaired) electrons. The highest BCUT2D eigenvalue weighted by molar-refractivity contribution is 7.52. The van der Waals surface area contributed by atoms with Crippen LogP contribution in [-0.4, -0.2) is 322 Å². The molecule has 10 atom stereocenters. The molecule has 0 spiro atoms. The fourth-order valence-electron chi connectivity index (χ4n) is 9.35. The quantitative estimate of drug-likeness (QED) is 0.0161.